The van der Waals surface area contributed by atoms with E-state index in [2.05, 4.69) is 15.3 Å². The number of rotatable bonds is 5. The van der Waals surface area contributed by atoms with Gasteiger partial charge in [0.15, 0.2) is 0 Å². The average Bonchev–Trinajstić information content (AvgIpc) is 2.64. The lowest BCUT2D eigenvalue weighted by molar-refractivity contribution is -0.138. The van der Waals surface area contributed by atoms with Crippen molar-refractivity contribution in [2.75, 3.05) is 0 Å². The molecule has 1 aliphatic rings. The number of ether oxygens (including phenoxy) is 1. The summed E-state index contributed by atoms with van der Waals surface area (Å²) in [6.07, 6.45) is 1.98. The largest absolute Gasteiger partial charge is 0.489 e. The number of halogens is 4. The molecule has 0 atom stereocenters. The minimum Gasteiger partial charge on any atom is -0.489 e. The van der Waals surface area contributed by atoms with Crippen molar-refractivity contribution in [2.24, 2.45) is 0 Å². The van der Waals surface area contributed by atoms with Gasteiger partial charge in [-0.25, -0.2) is 4.39 Å². The molecular formula is C20H17F4N3O. The summed E-state index contributed by atoms with van der Waals surface area (Å²) in [5, 5.41) is 4.96. The van der Waals surface area contributed by atoms with E-state index in [1.165, 1.54) is 12.3 Å². The molecule has 1 fully saturated rings. The van der Waals surface area contributed by atoms with E-state index in [0.29, 0.717) is 24.9 Å². The number of fused-ring (bicyclic) bond motifs is 1. The molecule has 0 saturated heterocycles. The van der Waals surface area contributed by atoms with E-state index >= 15 is 0 Å². The van der Waals surface area contributed by atoms with Crippen LogP contribution in [-0.4, -0.2) is 22.1 Å². The molecule has 146 valence electrons. The third kappa shape index (κ3) is 3.91. The highest BCUT2D eigenvalue weighted by molar-refractivity contribution is 5.84. The van der Waals surface area contributed by atoms with Gasteiger partial charge in [-0.3, -0.25) is 9.97 Å². The van der Waals surface area contributed by atoms with Gasteiger partial charge in [-0.1, -0.05) is 0 Å². The van der Waals surface area contributed by atoms with Crippen molar-refractivity contribution in [1.29, 1.82) is 0 Å². The van der Waals surface area contributed by atoms with Gasteiger partial charge in [-0.05, 0) is 42.5 Å². The molecule has 0 bridgehead atoms. The number of alkyl halides is 3. The number of nitrogens with zero attached hydrogens (tertiary/aromatic N) is 2. The molecule has 28 heavy (non-hydrogen) atoms. The van der Waals surface area contributed by atoms with Gasteiger partial charge in [0.25, 0.3) is 0 Å². The molecule has 2 aromatic heterocycles. The normalized spacial score (nSPS) is 19.4. The Hall–Kier alpha value is -2.74. The van der Waals surface area contributed by atoms with Crippen LogP contribution in [0, 0.1) is 5.82 Å². The van der Waals surface area contributed by atoms with E-state index in [1.54, 1.807) is 24.5 Å². The van der Waals surface area contributed by atoms with Crippen LogP contribution in [0.25, 0.3) is 10.8 Å². The fraction of sp³-hybridized carbons (Fsp3) is 0.300. The first-order valence-electron chi connectivity index (χ1n) is 8.83. The maximum atomic E-state index is 14.2. The van der Waals surface area contributed by atoms with Crippen molar-refractivity contribution >= 4 is 10.8 Å². The van der Waals surface area contributed by atoms with Crippen LogP contribution >= 0.6 is 0 Å². The monoisotopic (exact) mass is 391 g/mol. The summed E-state index contributed by atoms with van der Waals surface area (Å²) in [6.45, 7) is 0.357. The molecule has 1 saturated carbocycles. The van der Waals surface area contributed by atoms with E-state index in [-0.39, 0.29) is 23.7 Å². The third-order valence-electron chi connectivity index (χ3n) is 4.88. The summed E-state index contributed by atoms with van der Waals surface area (Å²) in [4.78, 5) is 7.63. The Bertz CT molecular complexity index is 987. The van der Waals surface area contributed by atoms with Crippen molar-refractivity contribution in [2.45, 2.75) is 37.7 Å². The van der Waals surface area contributed by atoms with Gasteiger partial charge in [0.2, 0.25) is 0 Å². The smallest absolute Gasteiger partial charge is 0.418 e. The molecular weight excluding hydrogens is 374 g/mol. The second-order valence-corrected chi connectivity index (χ2v) is 6.82. The molecule has 1 N–H and O–H groups in total. The van der Waals surface area contributed by atoms with Crippen LogP contribution in [0.15, 0.2) is 49.1 Å². The van der Waals surface area contributed by atoms with Crippen molar-refractivity contribution in [3.8, 4) is 5.75 Å². The number of pyridine rings is 2. The highest BCUT2D eigenvalue weighted by Gasteiger charge is 2.33. The summed E-state index contributed by atoms with van der Waals surface area (Å²) in [7, 11) is 0. The molecule has 0 amide bonds. The Morgan fingerprint density at radius 2 is 1.89 bits per heavy atom. The zero-order chi connectivity index (χ0) is 19.7. The molecule has 8 heteroatoms. The fourth-order valence-electron chi connectivity index (χ4n) is 3.29. The highest BCUT2D eigenvalue weighted by Crippen LogP contribution is 2.32. The Morgan fingerprint density at radius 3 is 2.68 bits per heavy atom. The first-order valence-corrected chi connectivity index (χ1v) is 8.83. The predicted octanol–water partition coefficient (Wildman–Crippen LogP) is 4.49. The van der Waals surface area contributed by atoms with Crippen LogP contribution in [0.1, 0.15) is 24.0 Å². The number of benzene rings is 1. The molecule has 4 nitrogen and oxygen atoms in total. The lowest BCUT2D eigenvalue weighted by atomic mass is 9.89. The summed E-state index contributed by atoms with van der Waals surface area (Å²) >= 11 is 0. The van der Waals surface area contributed by atoms with Crippen LogP contribution in [0.3, 0.4) is 0 Å². The molecule has 1 aromatic carbocycles. The Morgan fingerprint density at radius 1 is 1.07 bits per heavy atom. The first kappa shape index (κ1) is 18.6. The zero-order valence-electron chi connectivity index (χ0n) is 14.7. The van der Waals surface area contributed by atoms with E-state index in [0.717, 1.165) is 23.0 Å². The quantitative estimate of drug-likeness (QED) is 0.651. The van der Waals surface area contributed by atoms with Gasteiger partial charge in [0.1, 0.15) is 17.7 Å². The van der Waals surface area contributed by atoms with Gasteiger partial charge in [-0.15, -0.1) is 0 Å². The van der Waals surface area contributed by atoms with Crippen LogP contribution in [0.2, 0.25) is 0 Å². The van der Waals surface area contributed by atoms with Crippen LogP contribution < -0.4 is 10.1 Å². The van der Waals surface area contributed by atoms with Crippen molar-refractivity contribution in [3.63, 3.8) is 0 Å². The molecule has 4 rings (SSSR count). The van der Waals surface area contributed by atoms with Gasteiger partial charge in [-0.2, -0.15) is 13.2 Å². The Kier molecular flexibility index (Phi) is 4.89. The molecule has 0 radical (unpaired) electrons. The molecule has 2 heterocycles. The SMILES string of the molecule is Fc1ccc2cnccc2c1CN[C@H]1C[C@H](Oc2cncc(C(F)(F)F)c2)C1. The molecule has 3 aromatic rings. The van der Waals surface area contributed by atoms with E-state index in [1.807, 2.05) is 0 Å². The minimum absolute atomic E-state index is 0.103. The Balaban J connectivity index is 1.33. The van der Waals surface area contributed by atoms with E-state index in [4.69, 9.17) is 4.74 Å². The standard InChI is InChI=1S/C20H17F4N3O/c21-19-2-1-12-8-25-4-3-17(12)18(19)11-27-14-6-15(7-14)28-16-5-13(9-26-10-16)20(22,23)24/h1-5,8-10,14-15,27H,6-7,11H2/t14-,15-. The van der Waals surface area contributed by atoms with Crippen molar-refractivity contribution in [3.05, 3.63) is 66.0 Å². The molecule has 0 spiro atoms. The van der Waals surface area contributed by atoms with E-state index in [9.17, 15) is 17.6 Å². The maximum absolute atomic E-state index is 14.2. The number of nitrogens with one attached hydrogen (secondary N) is 1. The number of hydrogen-bond donors (Lipinski definition) is 1. The molecule has 0 aliphatic heterocycles. The molecule has 1 aliphatic carbocycles. The van der Waals surface area contributed by atoms with Crippen LogP contribution in [0.4, 0.5) is 17.6 Å². The van der Waals surface area contributed by atoms with Gasteiger partial charge in [0, 0.05) is 42.1 Å². The number of hydrogen-bond acceptors (Lipinski definition) is 4. The summed E-state index contributed by atoms with van der Waals surface area (Å²) in [5.74, 6) is -0.181. The fourth-order valence-corrected chi connectivity index (χ4v) is 3.29. The Labute approximate surface area is 158 Å². The third-order valence-corrected chi connectivity index (χ3v) is 4.88. The lowest BCUT2D eigenvalue weighted by Crippen LogP contribution is -2.46. The second kappa shape index (κ2) is 7.35. The summed E-state index contributed by atoms with van der Waals surface area (Å²) < 4.78 is 58.0. The van der Waals surface area contributed by atoms with Crippen LogP contribution in [0.5, 0.6) is 5.75 Å². The van der Waals surface area contributed by atoms with Gasteiger partial charge >= 0.3 is 6.18 Å². The second-order valence-electron chi connectivity index (χ2n) is 6.82. The first-order chi connectivity index (χ1) is 13.4. The van der Waals surface area contributed by atoms with Crippen molar-refractivity contribution < 1.29 is 22.3 Å². The maximum Gasteiger partial charge on any atom is 0.418 e. The lowest BCUT2D eigenvalue weighted by Gasteiger charge is -2.36. The highest BCUT2D eigenvalue weighted by atomic mass is 19.4. The van der Waals surface area contributed by atoms with Gasteiger partial charge in [0.05, 0.1) is 11.8 Å². The zero-order valence-corrected chi connectivity index (χ0v) is 14.7. The van der Waals surface area contributed by atoms with Crippen molar-refractivity contribution in [1.82, 2.24) is 15.3 Å². The number of aromatic nitrogens is 2. The minimum atomic E-state index is -4.45. The molecule has 0 unspecified atom stereocenters. The van der Waals surface area contributed by atoms with Gasteiger partial charge < -0.3 is 10.1 Å². The van der Waals surface area contributed by atoms with E-state index < -0.39 is 11.7 Å². The topological polar surface area (TPSA) is 47.0 Å². The average molecular weight is 391 g/mol. The summed E-state index contributed by atoms with van der Waals surface area (Å²) in [5.41, 5.74) is -0.258. The predicted molar refractivity (Wildman–Crippen MR) is 95.2 cm³/mol. The summed E-state index contributed by atoms with van der Waals surface area (Å²) in [6, 6.07) is 5.96. The van der Waals surface area contributed by atoms with Crippen LogP contribution in [-0.2, 0) is 12.7 Å².